The van der Waals surface area contributed by atoms with E-state index in [-0.39, 0.29) is 6.03 Å². The summed E-state index contributed by atoms with van der Waals surface area (Å²) in [6, 6.07) is 15.1. The van der Waals surface area contributed by atoms with Crippen LogP contribution in [0.15, 0.2) is 48.5 Å². The standard InChI is InChI=1S/C16H15ClN2O/c17-13-7-3-8-14(11-13)18-16(20)19-10-4-6-12-5-1-2-9-15(12)19/h1-3,5,7-9,11H,4,6,10H2,(H,18,20). The maximum absolute atomic E-state index is 12.4. The summed E-state index contributed by atoms with van der Waals surface area (Å²) in [5.41, 5.74) is 2.93. The van der Waals surface area contributed by atoms with Gasteiger partial charge in [-0.15, -0.1) is 0 Å². The Morgan fingerprint density at radius 3 is 2.85 bits per heavy atom. The number of carbonyl (C=O) groups is 1. The lowest BCUT2D eigenvalue weighted by molar-refractivity contribution is 0.256. The molecule has 2 aromatic carbocycles. The molecule has 0 atom stereocenters. The van der Waals surface area contributed by atoms with Crippen molar-refractivity contribution < 1.29 is 4.79 Å². The molecule has 2 amide bonds. The molecule has 1 N–H and O–H groups in total. The predicted molar refractivity (Wildman–Crippen MR) is 82.6 cm³/mol. The average molecular weight is 287 g/mol. The van der Waals surface area contributed by atoms with E-state index < -0.39 is 0 Å². The van der Waals surface area contributed by atoms with Gasteiger partial charge in [-0.2, -0.15) is 0 Å². The Labute approximate surface area is 123 Å². The van der Waals surface area contributed by atoms with Gasteiger partial charge in [-0.05, 0) is 42.7 Å². The third kappa shape index (κ3) is 2.63. The molecule has 3 nitrogen and oxygen atoms in total. The number of hydrogen-bond acceptors (Lipinski definition) is 1. The van der Waals surface area contributed by atoms with Crippen LogP contribution in [-0.2, 0) is 6.42 Å². The molecule has 1 aliphatic rings. The van der Waals surface area contributed by atoms with Crippen molar-refractivity contribution in [1.29, 1.82) is 0 Å². The van der Waals surface area contributed by atoms with Crippen molar-refractivity contribution >= 4 is 29.0 Å². The second-order valence-electron chi connectivity index (χ2n) is 4.82. The highest BCUT2D eigenvalue weighted by Gasteiger charge is 2.21. The van der Waals surface area contributed by atoms with Crippen molar-refractivity contribution in [3.63, 3.8) is 0 Å². The fourth-order valence-corrected chi connectivity index (χ4v) is 2.69. The second kappa shape index (κ2) is 5.55. The summed E-state index contributed by atoms with van der Waals surface area (Å²) in [7, 11) is 0. The van der Waals surface area contributed by atoms with Crippen molar-refractivity contribution in [1.82, 2.24) is 0 Å². The molecular formula is C16H15ClN2O. The molecule has 2 aromatic rings. The monoisotopic (exact) mass is 286 g/mol. The molecule has 0 fully saturated rings. The van der Waals surface area contributed by atoms with Crippen molar-refractivity contribution in [3.05, 3.63) is 59.1 Å². The van der Waals surface area contributed by atoms with E-state index in [1.54, 1.807) is 17.0 Å². The molecule has 102 valence electrons. The highest BCUT2D eigenvalue weighted by molar-refractivity contribution is 6.30. The van der Waals surface area contributed by atoms with E-state index in [4.69, 9.17) is 11.6 Å². The second-order valence-corrected chi connectivity index (χ2v) is 5.26. The van der Waals surface area contributed by atoms with E-state index in [0.29, 0.717) is 10.7 Å². The zero-order chi connectivity index (χ0) is 13.9. The van der Waals surface area contributed by atoms with Crippen molar-refractivity contribution in [3.8, 4) is 0 Å². The molecule has 0 unspecified atom stereocenters. The lowest BCUT2D eigenvalue weighted by Crippen LogP contribution is -2.38. The van der Waals surface area contributed by atoms with Crippen LogP contribution in [0.2, 0.25) is 5.02 Å². The van der Waals surface area contributed by atoms with Crippen molar-refractivity contribution in [2.24, 2.45) is 0 Å². The molecule has 1 aliphatic heterocycles. The van der Waals surface area contributed by atoms with Crippen LogP contribution in [0.3, 0.4) is 0 Å². The van der Waals surface area contributed by atoms with Crippen molar-refractivity contribution in [2.45, 2.75) is 12.8 Å². The number of urea groups is 1. The molecule has 0 saturated heterocycles. The van der Waals surface area contributed by atoms with Crippen LogP contribution in [0, 0.1) is 0 Å². The first kappa shape index (κ1) is 13.0. The first-order valence-corrected chi connectivity index (χ1v) is 7.04. The molecule has 1 heterocycles. The third-order valence-corrected chi connectivity index (χ3v) is 3.67. The van der Waals surface area contributed by atoms with Crippen LogP contribution in [0.4, 0.5) is 16.2 Å². The van der Waals surface area contributed by atoms with Gasteiger partial charge < -0.3 is 5.32 Å². The average Bonchev–Trinajstić information content (AvgIpc) is 2.46. The lowest BCUT2D eigenvalue weighted by Gasteiger charge is -2.29. The summed E-state index contributed by atoms with van der Waals surface area (Å²) in [5, 5.41) is 3.51. The van der Waals surface area contributed by atoms with Crippen LogP contribution in [0.25, 0.3) is 0 Å². The molecule has 20 heavy (non-hydrogen) atoms. The van der Waals surface area contributed by atoms with Gasteiger partial charge in [0.2, 0.25) is 0 Å². The SMILES string of the molecule is O=C(Nc1cccc(Cl)c1)N1CCCc2ccccc21. The summed E-state index contributed by atoms with van der Waals surface area (Å²) in [5.74, 6) is 0. The van der Waals surface area contributed by atoms with Gasteiger partial charge in [0.25, 0.3) is 0 Å². The maximum atomic E-state index is 12.4. The van der Waals surface area contributed by atoms with Crippen LogP contribution in [0.5, 0.6) is 0 Å². The minimum atomic E-state index is -0.112. The summed E-state index contributed by atoms with van der Waals surface area (Å²) in [6.07, 6.45) is 2.01. The minimum absolute atomic E-state index is 0.112. The number of anilines is 2. The minimum Gasteiger partial charge on any atom is -0.307 e. The van der Waals surface area contributed by atoms with Gasteiger partial charge in [0.1, 0.15) is 0 Å². The molecule has 0 radical (unpaired) electrons. The first-order valence-electron chi connectivity index (χ1n) is 6.66. The number of para-hydroxylation sites is 1. The molecule has 0 bridgehead atoms. The summed E-state index contributed by atoms with van der Waals surface area (Å²) in [6.45, 7) is 0.739. The molecule has 0 spiro atoms. The van der Waals surface area contributed by atoms with Gasteiger partial charge in [-0.25, -0.2) is 4.79 Å². The normalized spacial score (nSPS) is 13.8. The molecule has 0 aliphatic carbocycles. The summed E-state index contributed by atoms with van der Waals surface area (Å²) >= 11 is 5.93. The van der Waals surface area contributed by atoms with Gasteiger partial charge in [0, 0.05) is 22.9 Å². The molecule has 4 heteroatoms. The molecule has 0 aromatic heterocycles. The highest BCUT2D eigenvalue weighted by atomic mass is 35.5. The summed E-state index contributed by atoms with van der Waals surface area (Å²) in [4.78, 5) is 14.2. The van der Waals surface area contributed by atoms with Crippen molar-refractivity contribution in [2.75, 3.05) is 16.8 Å². The quantitative estimate of drug-likeness (QED) is 0.832. The fourth-order valence-electron chi connectivity index (χ4n) is 2.50. The van der Waals surface area contributed by atoms with E-state index >= 15 is 0 Å². The topological polar surface area (TPSA) is 32.3 Å². The van der Waals surface area contributed by atoms with Gasteiger partial charge in [-0.1, -0.05) is 35.9 Å². The Hall–Kier alpha value is -2.00. The maximum Gasteiger partial charge on any atom is 0.326 e. The number of nitrogens with zero attached hydrogens (tertiary/aromatic N) is 1. The fraction of sp³-hybridized carbons (Fsp3) is 0.188. The number of amides is 2. The van der Waals surface area contributed by atoms with Crippen LogP contribution >= 0.6 is 11.6 Å². The zero-order valence-corrected chi connectivity index (χ0v) is 11.7. The Morgan fingerprint density at radius 2 is 2.00 bits per heavy atom. The van der Waals surface area contributed by atoms with Crippen LogP contribution < -0.4 is 10.2 Å². The van der Waals surface area contributed by atoms with Gasteiger partial charge in [-0.3, -0.25) is 4.90 Å². The summed E-state index contributed by atoms with van der Waals surface area (Å²) < 4.78 is 0. The number of halogens is 1. The number of hydrogen-bond donors (Lipinski definition) is 1. The molecule has 3 rings (SSSR count). The number of rotatable bonds is 1. The number of aryl methyl sites for hydroxylation is 1. The number of fused-ring (bicyclic) bond motifs is 1. The number of benzene rings is 2. The third-order valence-electron chi connectivity index (χ3n) is 3.43. The van der Waals surface area contributed by atoms with Gasteiger partial charge in [0.05, 0.1) is 0 Å². The molecule has 0 saturated carbocycles. The predicted octanol–water partition coefficient (Wildman–Crippen LogP) is 4.32. The smallest absolute Gasteiger partial charge is 0.307 e. The number of nitrogens with one attached hydrogen (secondary N) is 1. The zero-order valence-electron chi connectivity index (χ0n) is 11.0. The lowest BCUT2D eigenvalue weighted by atomic mass is 10.0. The highest BCUT2D eigenvalue weighted by Crippen LogP contribution is 2.27. The Morgan fingerprint density at radius 1 is 1.15 bits per heavy atom. The van der Waals surface area contributed by atoms with E-state index in [0.717, 1.165) is 25.1 Å². The Bertz CT molecular complexity index is 642. The van der Waals surface area contributed by atoms with Crippen LogP contribution in [0.1, 0.15) is 12.0 Å². The van der Waals surface area contributed by atoms with E-state index in [1.807, 2.05) is 30.3 Å². The largest absolute Gasteiger partial charge is 0.326 e. The van der Waals surface area contributed by atoms with Gasteiger partial charge in [0.15, 0.2) is 0 Å². The van der Waals surface area contributed by atoms with Gasteiger partial charge >= 0.3 is 6.03 Å². The Kier molecular flexibility index (Phi) is 3.61. The Balaban J connectivity index is 1.82. The van der Waals surface area contributed by atoms with E-state index in [2.05, 4.69) is 11.4 Å². The van der Waals surface area contributed by atoms with E-state index in [1.165, 1.54) is 5.56 Å². The first-order chi connectivity index (χ1) is 9.74. The van der Waals surface area contributed by atoms with E-state index in [9.17, 15) is 4.79 Å². The van der Waals surface area contributed by atoms with Crippen LogP contribution in [-0.4, -0.2) is 12.6 Å². The molecular weight excluding hydrogens is 272 g/mol. The number of carbonyl (C=O) groups excluding carboxylic acids is 1.